The quantitative estimate of drug-likeness (QED) is 0.402. The van der Waals surface area contributed by atoms with Gasteiger partial charge in [0.2, 0.25) is 0 Å². The number of ether oxygens (including phenoxy) is 1. The van der Waals surface area contributed by atoms with Crippen molar-refractivity contribution in [1.82, 2.24) is 19.6 Å². The van der Waals surface area contributed by atoms with Crippen LogP contribution in [0.1, 0.15) is 29.4 Å². The van der Waals surface area contributed by atoms with E-state index in [2.05, 4.69) is 15.0 Å². The Hall–Kier alpha value is -3.50. The van der Waals surface area contributed by atoms with Gasteiger partial charge >= 0.3 is 5.97 Å². The van der Waals surface area contributed by atoms with E-state index in [9.17, 15) is 18.0 Å². The lowest BCUT2D eigenvalue weighted by molar-refractivity contribution is -0.148. The third-order valence-corrected chi connectivity index (χ3v) is 6.50. The van der Waals surface area contributed by atoms with Gasteiger partial charge < -0.3 is 14.6 Å². The highest BCUT2D eigenvalue weighted by atomic mass is 32.2. The third-order valence-electron chi connectivity index (χ3n) is 5.17. The van der Waals surface area contributed by atoms with Crippen molar-refractivity contribution >= 4 is 21.9 Å². The molecular weight excluding hydrogens is 456 g/mol. The molecule has 3 aromatic rings. The summed E-state index contributed by atoms with van der Waals surface area (Å²) in [4.78, 5) is 28.4. The number of rotatable bonds is 11. The SMILES string of the molecule is Cc1nc(S(=O)(=O)NCCC(=O)OCC(=O)NC(Cc2ccccc2)c2ccccc2)cn1C. The van der Waals surface area contributed by atoms with E-state index in [0.717, 1.165) is 11.1 Å². The zero-order chi connectivity index (χ0) is 24.6. The average molecular weight is 485 g/mol. The number of amides is 1. The van der Waals surface area contributed by atoms with Crippen LogP contribution < -0.4 is 10.0 Å². The number of nitrogens with one attached hydrogen (secondary N) is 2. The summed E-state index contributed by atoms with van der Waals surface area (Å²) in [7, 11) is -2.15. The molecule has 1 atom stereocenters. The molecule has 0 bridgehead atoms. The average Bonchev–Trinajstić information content (AvgIpc) is 3.17. The lowest BCUT2D eigenvalue weighted by Gasteiger charge is -2.19. The van der Waals surface area contributed by atoms with Crippen LogP contribution in [0.2, 0.25) is 0 Å². The second kappa shape index (κ2) is 11.6. The Bertz CT molecular complexity index is 1190. The normalized spacial score (nSPS) is 12.2. The Balaban J connectivity index is 1.48. The largest absolute Gasteiger partial charge is 0.456 e. The van der Waals surface area contributed by atoms with Gasteiger partial charge in [0.1, 0.15) is 5.82 Å². The van der Waals surface area contributed by atoms with Crippen LogP contribution in [0.3, 0.4) is 0 Å². The monoisotopic (exact) mass is 484 g/mol. The second-order valence-corrected chi connectivity index (χ2v) is 9.48. The van der Waals surface area contributed by atoms with E-state index in [4.69, 9.17) is 4.74 Å². The van der Waals surface area contributed by atoms with Crippen LogP contribution in [-0.4, -0.2) is 43.0 Å². The molecule has 9 nitrogen and oxygen atoms in total. The number of sulfonamides is 1. The standard InChI is InChI=1S/C24H28N4O5S/c1-18-26-23(16-28(18)2)34(31,32)25-14-13-24(30)33-17-22(29)27-21(20-11-7-4-8-12-20)15-19-9-5-3-6-10-19/h3-12,16,21,25H,13-15,17H2,1-2H3,(H,27,29). The Morgan fingerprint density at radius 2 is 1.71 bits per heavy atom. The van der Waals surface area contributed by atoms with E-state index in [1.165, 1.54) is 6.20 Å². The van der Waals surface area contributed by atoms with Gasteiger partial charge in [-0.15, -0.1) is 0 Å². The van der Waals surface area contributed by atoms with Crippen molar-refractivity contribution in [1.29, 1.82) is 0 Å². The van der Waals surface area contributed by atoms with Gasteiger partial charge in [-0.25, -0.2) is 18.1 Å². The van der Waals surface area contributed by atoms with Crippen LogP contribution in [0.25, 0.3) is 0 Å². The molecule has 1 heterocycles. The summed E-state index contributed by atoms with van der Waals surface area (Å²) in [5.41, 5.74) is 1.99. The highest BCUT2D eigenvalue weighted by molar-refractivity contribution is 7.89. The molecule has 0 aliphatic carbocycles. The Morgan fingerprint density at radius 3 is 2.32 bits per heavy atom. The molecule has 1 aromatic heterocycles. The number of aromatic nitrogens is 2. The van der Waals surface area contributed by atoms with Gasteiger partial charge in [-0.05, 0) is 24.5 Å². The zero-order valence-corrected chi connectivity index (χ0v) is 19.9. The summed E-state index contributed by atoms with van der Waals surface area (Å²) in [6.45, 7) is 1.06. The molecule has 0 saturated heterocycles. The number of aryl methyl sites for hydroxylation is 2. The van der Waals surface area contributed by atoms with Crippen LogP contribution in [0, 0.1) is 6.92 Å². The fourth-order valence-corrected chi connectivity index (χ4v) is 4.33. The fourth-order valence-electron chi connectivity index (χ4n) is 3.26. The van der Waals surface area contributed by atoms with Crippen molar-refractivity contribution in [2.24, 2.45) is 7.05 Å². The maximum Gasteiger partial charge on any atom is 0.307 e. The number of esters is 1. The van der Waals surface area contributed by atoms with Gasteiger partial charge in [-0.3, -0.25) is 9.59 Å². The molecule has 2 N–H and O–H groups in total. The van der Waals surface area contributed by atoms with Crippen LogP contribution in [0.5, 0.6) is 0 Å². The van der Waals surface area contributed by atoms with Gasteiger partial charge in [0.25, 0.3) is 15.9 Å². The van der Waals surface area contributed by atoms with Gasteiger partial charge in [-0.2, -0.15) is 0 Å². The Labute approximate surface area is 199 Å². The van der Waals surface area contributed by atoms with Crippen LogP contribution in [0.15, 0.2) is 71.9 Å². The smallest absolute Gasteiger partial charge is 0.307 e. The van der Waals surface area contributed by atoms with E-state index in [1.54, 1.807) is 18.5 Å². The van der Waals surface area contributed by atoms with E-state index in [0.29, 0.717) is 12.2 Å². The first-order valence-corrected chi connectivity index (χ1v) is 12.3. The van der Waals surface area contributed by atoms with Crippen molar-refractivity contribution in [2.75, 3.05) is 13.2 Å². The van der Waals surface area contributed by atoms with Crippen molar-refractivity contribution in [2.45, 2.75) is 30.8 Å². The van der Waals surface area contributed by atoms with Crippen LogP contribution in [0.4, 0.5) is 0 Å². The summed E-state index contributed by atoms with van der Waals surface area (Å²) in [6.07, 6.45) is 1.75. The predicted molar refractivity (Wildman–Crippen MR) is 126 cm³/mol. The fraction of sp³-hybridized carbons (Fsp3) is 0.292. The van der Waals surface area contributed by atoms with Crippen molar-refractivity contribution in [3.05, 3.63) is 83.8 Å². The number of hydrogen-bond acceptors (Lipinski definition) is 6. The highest BCUT2D eigenvalue weighted by Crippen LogP contribution is 2.18. The lowest BCUT2D eigenvalue weighted by Crippen LogP contribution is -2.34. The Kier molecular flexibility index (Phi) is 8.55. The first-order chi connectivity index (χ1) is 16.2. The summed E-state index contributed by atoms with van der Waals surface area (Å²) in [5, 5.41) is 2.79. The molecule has 0 aliphatic heterocycles. The molecule has 0 saturated carbocycles. The summed E-state index contributed by atoms with van der Waals surface area (Å²) in [6, 6.07) is 19.0. The molecule has 0 aliphatic rings. The number of nitrogens with zero attached hydrogens (tertiary/aromatic N) is 2. The molecular formula is C24H28N4O5S. The van der Waals surface area contributed by atoms with Gasteiger partial charge in [0, 0.05) is 19.8 Å². The molecule has 0 spiro atoms. The van der Waals surface area contributed by atoms with Crippen LogP contribution >= 0.6 is 0 Å². The van der Waals surface area contributed by atoms with Crippen LogP contribution in [-0.2, 0) is 37.8 Å². The summed E-state index contributed by atoms with van der Waals surface area (Å²) < 4.78 is 33.4. The third kappa shape index (κ3) is 7.26. The zero-order valence-electron chi connectivity index (χ0n) is 19.1. The van der Waals surface area contributed by atoms with Crippen molar-refractivity contribution < 1.29 is 22.7 Å². The Morgan fingerprint density at radius 1 is 1.06 bits per heavy atom. The van der Waals surface area contributed by atoms with E-state index < -0.39 is 28.5 Å². The number of benzene rings is 2. The molecule has 0 radical (unpaired) electrons. The van der Waals surface area contributed by atoms with E-state index in [1.807, 2.05) is 60.7 Å². The molecule has 3 rings (SSSR count). The second-order valence-electron chi connectivity index (χ2n) is 7.77. The molecule has 2 aromatic carbocycles. The molecule has 180 valence electrons. The number of carbonyl (C=O) groups excluding carboxylic acids is 2. The van der Waals surface area contributed by atoms with Crippen molar-refractivity contribution in [3.63, 3.8) is 0 Å². The first kappa shape index (κ1) is 25.1. The lowest BCUT2D eigenvalue weighted by atomic mass is 9.99. The molecule has 34 heavy (non-hydrogen) atoms. The first-order valence-electron chi connectivity index (χ1n) is 10.8. The number of imidazole rings is 1. The minimum atomic E-state index is -3.83. The molecule has 10 heteroatoms. The topological polar surface area (TPSA) is 119 Å². The van der Waals surface area contributed by atoms with Gasteiger partial charge in [-0.1, -0.05) is 60.7 Å². The molecule has 1 unspecified atom stereocenters. The highest BCUT2D eigenvalue weighted by Gasteiger charge is 2.20. The minimum absolute atomic E-state index is 0.120. The summed E-state index contributed by atoms with van der Waals surface area (Å²) >= 11 is 0. The number of carbonyl (C=O) groups is 2. The summed E-state index contributed by atoms with van der Waals surface area (Å²) in [5.74, 6) is -0.580. The molecule has 0 fully saturated rings. The van der Waals surface area contributed by atoms with E-state index >= 15 is 0 Å². The van der Waals surface area contributed by atoms with Gasteiger partial charge in [0.05, 0.1) is 12.5 Å². The predicted octanol–water partition coefficient (Wildman–Crippen LogP) is 2.04. The molecule has 1 amide bonds. The van der Waals surface area contributed by atoms with E-state index in [-0.39, 0.29) is 24.0 Å². The van der Waals surface area contributed by atoms with Crippen molar-refractivity contribution in [3.8, 4) is 0 Å². The van der Waals surface area contributed by atoms with Gasteiger partial charge in [0.15, 0.2) is 11.6 Å². The minimum Gasteiger partial charge on any atom is -0.456 e. The maximum absolute atomic E-state index is 12.5. The number of hydrogen-bond donors (Lipinski definition) is 2. The maximum atomic E-state index is 12.5.